The molecule has 5 heteroatoms. The Labute approximate surface area is 77.8 Å². The molecular weight excluding hydrogens is 176 g/mol. The molecule has 0 heterocycles. The smallest absolute Gasteiger partial charge is 0.296 e. The van der Waals surface area contributed by atoms with E-state index in [2.05, 4.69) is 9.78 Å². The standard InChI is InChI=1S/C8H16O5/c1-6(9)10-11-7(2)12-13-8(3,4)5/h7H,1-5H3. The molecule has 0 saturated heterocycles. The fraction of sp³-hybridized carbons (Fsp3) is 0.875. The highest BCUT2D eigenvalue weighted by atomic mass is 17.3. The zero-order valence-electron chi connectivity index (χ0n) is 8.62. The van der Waals surface area contributed by atoms with Crippen molar-refractivity contribution in [3.05, 3.63) is 0 Å². The Balaban J connectivity index is 3.52. The van der Waals surface area contributed by atoms with Crippen molar-refractivity contribution in [3.63, 3.8) is 0 Å². The van der Waals surface area contributed by atoms with Crippen molar-refractivity contribution >= 4 is 5.97 Å². The molecule has 0 aliphatic carbocycles. The molecule has 0 amide bonds. The Morgan fingerprint density at radius 1 is 1.23 bits per heavy atom. The summed E-state index contributed by atoms with van der Waals surface area (Å²) in [5, 5.41) is 0. The van der Waals surface area contributed by atoms with E-state index in [1.807, 2.05) is 20.8 Å². The molecule has 0 aliphatic rings. The van der Waals surface area contributed by atoms with Crippen molar-refractivity contribution in [3.8, 4) is 0 Å². The second-order valence-electron chi connectivity index (χ2n) is 3.53. The van der Waals surface area contributed by atoms with Gasteiger partial charge in [0.25, 0.3) is 0 Å². The van der Waals surface area contributed by atoms with Crippen LogP contribution in [0.5, 0.6) is 0 Å². The van der Waals surface area contributed by atoms with Crippen LogP contribution >= 0.6 is 0 Å². The van der Waals surface area contributed by atoms with Crippen LogP contribution in [0.2, 0.25) is 0 Å². The van der Waals surface area contributed by atoms with Crippen LogP contribution in [0.15, 0.2) is 0 Å². The van der Waals surface area contributed by atoms with Gasteiger partial charge in [-0.2, -0.15) is 9.78 Å². The summed E-state index contributed by atoms with van der Waals surface area (Å²) < 4.78 is 0. The van der Waals surface area contributed by atoms with E-state index >= 15 is 0 Å². The Hall–Kier alpha value is -0.650. The van der Waals surface area contributed by atoms with Crippen LogP contribution < -0.4 is 0 Å². The lowest BCUT2D eigenvalue weighted by Crippen LogP contribution is -2.24. The van der Waals surface area contributed by atoms with Crippen molar-refractivity contribution in [2.45, 2.75) is 46.5 Å². The van der Waals surface area contributed by atoms with E-state index in [1.54, 1.807) is 6.92 Å². The molecule has 1 unspecified atom stereocenters. The molecule has 1 atom stereocenters. The monoisotopic (exact) mass is 192 g/mol. The fourth-order valence-corrected chi connectivity index (χ4v) is 0.364. The zero-order valence-corrected chi connectivity index (χ0v) is 8.62. The molecule has 0 aromatic heterocycles. The van der Waals surface area contributed by atoms with Gasteiger partial charge < -0.3 is 0 Å². The lowest BCUT2D eigenvalue weighted by atomic mass is 10.2. The second kappa shape index (κ2) is 5.16. The maximum atomic E-state index is 10.3. The molecule has 13 heavy (non-hydrogen) atoms. The van der Waals surface area contributed by atoms with Gasteiger partial charge in [0.05, 0.1) is 5.60 Å². The average molecular weight is 192 g/mol. The molecule has 0 aromatic rings. The summed E-state index contributed by atoms with van der Waals surface area (Å²) in [6.07, 6.45) is -0.747. The first-order valence-electron chi connectivity index (χ1n) is 3.99. The molecule has 0 bridgehead atoms. The maximum Gasteiger partial charge on any atom is 0.339 e. The molecule has 78 valence electrons. The van der Waals surface area contributed by atoms with E-state index in [9.17, 15) is 4.79 Å². The van der Waals surface area contributed by atoms with E-state index in [0.717, 1.165) is 0 Å². The molecule has 0 fully saturated rings. The minimum atomic E-state index is -0.747. The summed E-state index contributed by atoms with van der Waals surface area (Å²) >= 11 is 0. The van der Waals surface area contributed by atoms with Crippen LogP contribution in [0.1, 0.15) is 34.6 Å². The van der Waals surface area contributed by atoms with Gasteiger partial charge in [-0.1, -0.05) is 0 Å². The van der Waals surface area contributed by atoms with E-state index < -0.39 is 17.9 Å². The van der Waals surface area contributed by atoms with Crippen LogP contribution in [0, 0.1) is 0 Å². The van der Waals surface area contributed by atoms with Crippen molar-refractivity contribution in [1.29, 1.82) is 0 Å². The molecule has 0 rings (SSSR count). The predicted molar refractivity (Wildman–Crippen MR) is 44.2 cm³/mol. The molecule has 0 N–H and O–H groups in total. The largest absolute Gasteiger partial charge is 0.339 e. The third-order valence-corrected chi connectivity index (χ3v) is 0.735. The highest BCUT2D eigenvalue weighted by Gasteiger charge is 2.15. The van der Waals surface area contributed by atoms with Gasteiger partial charge >= 0.3 is 5.97 Å². The summed E-state index contributed by atoms with van der Waals surface area (Å²) in [4.78, 5) is 28.7. The van der Waals surface area contributed by atoms with Gasteiger partial charge in [0.1, 0.15) is 0 Å². The molecular formula is C8H16O5. The van der Waals surface area contributed by atoms with E-state index in [1.165, 1.54) is 6.92 Å². The molecule has 5 nitrogen and oxygen atoms in total. The second-order valence-corrected chi connectivity index (χ2v) is 3.53. The maximum absolute atomic E-state index is 10.3. The quantitative estimate of drug-likeness (QED) is 0.384. The van der Waals surface area contributed by atoms with Crippen LogP contribution in [0.3, 0.4) is 0 Å². The Bertz CT molecular complexity index is 160. The number of rotatable bonds is 4. The van der Waals surface area contributed by atoms with Crippen molar-refractivity contribution in [2.75, 3.05) is 0 Å². The van der Waals surface area contributed by atoms with Crippen LogP contribution in [0.25, 0.3) is 0 Å². The molecule has 0 aromatic carbocycles. The fourth-order valence-electron chi connectivity index (χ4n) is 0.364. The van der Waals surface area contributed by atoms with Gasteiger partial charge in [-0.15, -0.1) is 0 Å². The Morgan fingerprint density at radius 2 is 1.77 bits per heavy atom. The van der Waals surface area contributed by atoms with Crippen LogP contribution in [0.4, 0.5) is 0 Å². The summed E-state index contributed by atoms with van der Waals surface area (Å²) in [6.45, 7) is 8.26. The number of carbonyl (C=O) groups excluding carboxylic acids is 1. The van der Waals surface area contributed by atoms with E-state index in [4.69, 9.17) is 9.78 Å². The lowest BCUT2D eigenvalue weighted by molar-refractivity contribution is -0.463. The molecule has 0 radical (unpaired) electrons. The molecule has 0 spiro atoms. The van der Waals surface area contributed by atoms with Crippen molar-refractivity contribution < 1.29 is 24.3 Å². The summed E-state index contributed by atoms with van der Waals surface area (Å²) in [5.41, 5.74) is -0.423. The van der Waals surface area contributed by atoms with E-state index in [0.29, 0.717) is 0 Å². The highest BCUT2D eigenvalue weighted by molar-refractivity contribution is 5.65. The third kappa shape index (κ3) is 9.26. The summed E-state index contributed by atoms with van der Waals surface area (Å²) in [6, 6.07) is 0. The lowest BCUT2D eigenvalue weighted by Gasteiger charge is -2.19. The molecule has 0 aliphatic heterocycles. The Morgan fingerprint density at radius 3 is 2.15 bits per heavy atom. The Kier molecular flexibility index (Phi) is 4.90. The SMILES string of the molecule is CC(=O)OOC(C)OOC(C)(C)C. The van der Waals surface area contributed by atoms with Gasteiger partial charge in [0.2, 0.25) is 6.29 Å². The van der Waals surface area contributed by atoms with Crippen molar-refractivity contribution in [2.24, 2.45) is 0 Å². The van der Waals surface area contributed by atoms with Gasteiger partial charge in [-0.3, -0.25) is 4.89 Å². The topological polar surface area (TPSA) is 54.0 Å². The highest BCUT2D eigenvalue weighted by Crippen LogP contribution is 2.09. The third-order valence-electron chi connectivity index (χ3n) is 0.735. The summed E-state index contributed by atoms with van der Waals surface area (Å²) in [7, 11) is 0. The first-order chi connectivity index (χ1) is 5.81. The zero-order chi connectivity index (χ0) is 10.5. The first-order valence-corrected chi connectivity index (χ1v) is 3.99. The minimum Gasteiger partial charge on any atom is -0.296 e. The normalized spacial score (nSPS) is 13.9. The average Bonchev–Trinajstić information content (AvgIpc) is 1.95. The van der Waals surface area contributed by atoms with E-state index in [-0.39, 0.29) is 0 Å². The number of carbonyl (C=O) groups is 1. The van der Waals surface area contributed by atoms with Gasteiger partial charge in [-0.05, 0) is 27.7 Å². The van der Waals surface area contributed by atoms with Crippen LogP contribution in [-0.2, 0) is 24.3 Å². The minimum absolute atomic E-state index is 0.423. The predicted octanol–water partition coefficient (Wildman–Crippen LogP) is 1.57. The summed E-state index contributed by atoms with van der Waals surface area (Å²) in [5.74, 6) is -0.536. The molecule has 0 saturated carbocycles. The van der Waals surface area contributed by atoms with Crippen LogP contribution in [-0.4, -0.2) is 17.9 Å². The van der Waals surface area contributed by atoms with Crippen molar-refractivity contribution in [1.82, 2.24) is 0 Å². The van der Waals surface area contributed by atoms with Gasteiger partial charge in [0, 0.05) is 6.92 Å². The first kappa shape index (κ1) is 12.3. The van der Waals surface area contributed by atoms with Gasteiger partial charge in [-0.25, -0.2) is 9.68 Å². The number of hydrogen-bond acceptors (Lipinski definition) is 5. The van der Waals surface area contributed by atoms with Gasteiger partial charge in [0.15, 0.2) is 0 Å². The number of hydrogen-bond donors (Lipinski definition) is 0.